The molecule has 55 heavy (non-hydrogen) atoms. The lowest BCUT2D eigenvalue weighted by Gasteiger charge is -2.38. The first kappa shape index (κ1) is 44.8. The van der Waals surface area contributed by atoms with Crippen molar-refractivity contribution in [1.29, 1.82) is 0 Å². The maximum absolute atomic E-state index is 14.4. The largest absolute Gasteiger partial charge is 0.508 e. The molecular weight excluding hydrogens is 700 g/mol. The van der Waals surface area contributed by atoms with Crippen molar-refractivity contribution >= 4 is 35.2 Å². The highest BCUT2D eigenvalue weighted by Gasteiger charge is 2.38. The van der Waals surface area contributed by atoms with Gasteiger partial charge >= 0.3 is 0 Å². The predicted octanol–water partition coefficient (Wildman–Crippen LogP) is 3.07. The SMILES string of the molecule is CCN[C@@H](CCCCCC(=O)CC(C)=O)C(=O)NCCCC[C@H](NC(=O)[C@@H]1Cc2ccccc2CN1C(=O)[C@@H](CNC)Cc1c(C)cc(O)cc1C)C(N)=O. The fourth-order valence-electron chi connectivity index (χ4n) is 7.40. The molecule has 0 radical (unpaired) electrons. The molecular formula is C42H62N6O7. The second-order valence-corrected chi connectivity index (χ2v) is 14.8. The summed E-state index contributed by atoms with van der Waals surface area (Å²) in [6.45, 7) is 8.79. The van der Waals surface area contributed by atoms with Crippen LogP contribution in [0.4, 0.5) is 0 Å². The molecule has 7 N–H and O–H groups in total. The van der Waals surface area contributed by atoms with Crippen molar-refractivity contribution in [3.63, 3.8) is 0 Å². The third-order valence-electron chi connectivity index (χ3n) is 10.3. The number of phenols is 1. The molecule has 13 heteroatoms. The quantitative estimate of drug-likeness (QED) is 0.0687. The van der Waals surface area contributed by atoms with E-state index >= 15 is 0 Å². The lowest BCUT2D eigenvalue weighted by molar-refractivity contribution is -0.145. The molecule has 2 aromatic carbocycles. The maximum atomic E-state index is 14.4. The third-order valence-corrected chi connectivity index (χ3v) is 10.3. The van der Waals surface area contributed by atoms with E-state index in [2.05, 4.69) is 21.3 Å². The Kier molecular flexibility index (Phi) is 18.5. The van der Waals surface area contributed by atoms with Gasteiger partial charge in [0.1, 0.15) is 29.4 Å². The number of fused-ring (bicyclic) bond motifs is 1. The molecule has 1 aliphatic heterocycles. The Morgan fingerprint density at radius 2 is 1.58 bits per heavy atom. The van der Waals surface area contributed by atoms with Crippen LogP contribution >= 0.6 is 0 Å². The Morgan fingerprint density at radius 3 is 2.22 bits per heavy atom. The van der Waals surface area contributed by atoms with Gasteiger partial charge in [-0.25, -0.2) is 0 Å². The monoisotopic (exact) mass is 762 g/mol. The fraction of sp³-hybridized carbons (Fsp3) is 0.571. The van der Waals surface area contributed by atoms with Crippen LogP contribution in [0.3, 0.4) is 0 Å². The fourth-order valence-corrected chi connectivity index (χ4v) is 7.40. The second-order valence-electron chi connectivity index (χ2n) is 14.8. The summed E-state index contributed by atoms with van der Waals surface area (Å²) in [6, 6.07) is 8.92. The number of benzene rings is 2. The second kappa shape index (κ2) is 22.7. The molecule has 1 aliphatic rings. The van der Waals surface area contributed by atoms with E-state index in [0.29, 0.717) is 64.6 Å². The van der Waals surface area contributed by atoms with Crippen LogP contribution in [0.5, 0.6) is 5.75 Å². The van der Waals surface area contributed by atoms with Gasteiger partial charge in [0.2, 0.25) is 23.6 Å². The highest BCUT2D eigenvalue weighted by Crippen LogP contribution is 2.28. The van der Waals surface area contributed by atoms with Gasteiger partial charge < -0.3 is 37.0 Å². The number of amides is 4. The molecule has 2 aromatic rings. The van der Waals surface area contributed by atoms with Crippen molar-refractivity contribution in [2.45, 2.75) is 123 Å². The van der Waals surface area contributed by atoms with Crippen LogP contribution in [0.1, 0.15) is 99.5 Å². The summed E-state index contributed by atoms with van der Waals surface area (Å²) in [5.41, 5.74) is 10.4. The van der Waals surface area contributed by atoms with Crippen molar-refractivity contribution < 1.29 is 33.9 Å². The zero-order valence-electron chi connectivity index (χ0n) is 33.3. The number of carbonyl (C=O) groups is 6. The summed E-state index contributed by atoms with van der Waals surface area (Å²) in [5.74, 6) is -1.92. The Labute approximate surface area is 325 Å². The number of rotatable bonds is 24. The minimum atomic E-state index is -0.954. The summed E-state index contributed by atoms with van der Waals surface area (Å²) in [7, 11) is 1.78. The average molecular weight is 763 g/mol. The van der Waals surface area contributed by atoms with Gasteiger partial charge in [-0.1, -0.05) is 44.0 Å². The molecule has 0 aliphatic carbocycles. The molecule has 13 nitrogen and oxygen atoms in total. The molecule has 0 unspecified atom stereocenters. The maximum Gasteiger partial charge on any atom is 0.243 e. The number of primary amides is 1. The minimum absolute atomic E-state index is 0.0227. The van der Waals surface area contributed by atoms with Gasteiger partial charge in [0.25, 0.3) is 0 Å². The van der Waals surface area contributed by atoms with Crippen molar-refractivity contribution in [3.8, 4) is 5.75 Å². The van der Waals surface area contributed by atoms with E-state index in [9.17, 15) is 33.9 Å². The smallest absolute Gasteiger partial charge is 0.243 e. The number of unbranched alkanes of at least 4 members (excludes halogenated alkanes) is 3. The highest BCUT2D eigenvalue weighted by molar-refractivity contribution is 5.97. The summed E-state index contributed by atoms with van der Waals surface area (Å²) in [4.78, 5) is 78.3. The number of likely N-dealkylation sites (N-methyl/N-ethyl adjacent to an activating group) is 1. The van der Waals surface area contributed by atoms with E-state index in [1.165, 1.54) is 6.92 Å². The van der Waals surface area contributed by atoms with E-state index in [1.54, 1.807) is 24.1 Å². The number of carbonyl (C=O) groups excluding carboxylic acids is 6. The van der Waals surface area contributed by atoms with Crippen LogP contribution in [-0.2, 0) is 48.2 Å². The number of nitrogens with two attached hydrogens (primary N) is 1. The van der Waals surface area contributed by atoms with Gasteiger partial charge in [-0.2, -0.15) is 0 Å². The van der Waals surface area contributed by atoms with Gasteiger partial charge in [-0.15, -0.1) is 0 Å². The van der Waals surface area contributed by atoms with Crippen LogP contribution in [0.2, 0.25) is 0 Å². The third kappa shape index (κ3) is 14.2. The number of ketones is 2. The van der Waals surface area contributed by atoms with E-state index in [0.717, 1.165) is 40.7 Å². The number of aryl methyl sites for hydroxylation is 2. The molecule has 0 spiro atoms. The number of aromatic hydroxyl groups is 1. The molecule has 0 saturated heterocycles. The summed E-state index contributed by atoms with van der Waals surface area (Å²) < 4.78 is 0. The molecule has 4 amide bonds. The van der Waals surface area contributed by atoms with Crippen molar-refractivity contribution in [2.24, 2.45) is 11.7 Å². The molecule has 3 rings (SSSR count). The van der Waals surface area contributed by atoms with E-state index in [-0.39, 0.29) is 54.6 Å². The van der Waals surface area contributed by atoms with E-state index < -0.39 is 29.8 Å². The number of phenolic OH excluding ortho intramolecular Hbond substituents is 1. The van der Waals surface area contributed by atoms with Crippen LogP contribution in [0.25, 0.3) is 0 Å². The molecule has 0 fully saturated rings. The Hall–Kier alpha value is -4.62. The van der Waals surface area contributed by atoms with Gasteiger partial charge in [0.05, 0.1) is 18.4 Å². The van der Waals surface area contributed by atoms with Crippen molar-refractivity contribution in [1.82, 2.24) is 26.2 Å². The minimum Gasteiger partial charge on any atom is -0.508 e. The van der Waals surface area contributed by atoms with Crippen molar-refractivity contribution in [3.05, 3.63) is 64.2 Å². The Morgan fingerprint density at radius 1 is 0.927 bits per heavy atom. The molecule has 302 valence electrons. The normalized spacial score (nSPS) is 15.4. The lowest BCUT2D eigenvalue weighted by atomic mass is 9.88. The number of hydrogen-bond donors (Lipinski definition) is 6. The van der Waals surface area contributed by atoms with Crippen LogP contribution < -0.4 is 27.0 Å². The lowest BCUT2D eigenvalue weighted by Crippen LogP contribution is -2.57. The van der Waals surface area contributed by atoms with Gasteiger partial charge in [0.15, 0.2) is 0 Å². The Bertz CT molecular complexity index is 1620. The van der Waals surface area contributed by atoms with Crippen molar-refractivity contribution in [2.75, 3.05) is 26.7 Å². The first-order valence-electron chi connectivity index (χ1n) is 19.7. The zero-order chi connectivity index (χ0) is 40.5. The first-order chi connectivity index (χ1) is 26.2. The van der Waals surface area contributed by atoms with E-state index in [4.69, 9.17) is 5.73 Å². The van der Waals surface area contributed by atoms with Crippen LogP contribution in [-0.4, -0.2) is 90.0 Å². The molecule has 0 bridgehead atoms. The summed E-state index contributed by atoms with van der Waals surface area (Å²) in [6.07, 6.45) is 5.26. The summed E-state index contributed by atoms with van der Waals surface area (Å²) >= 11 is 0. The standard InChI is InChI=1S/C42H62N6O7/c1-6-45-37(18-9-7-8-16-33(50)22-29(4)49)40(53)46-19-13-12-17-36(39(43)52)47-41(54)38-24-30-14-10-11-15-31(30)26-48(38)42(55)32(25-44-5)23-35-27(2)20-34(51)21-28(35)3/h10-11,14-15,20-21,32,36-38,44-45,51H,6-9,12-13,16-19,22-26H2,1-5H3,(H2,43,52)(H,46,53)(H,47,54)/t32-,36+,37+,38+/m1/s1. The highest BCUT2D eigenvalue weighted by atomic mass is 16.3. The molecule has 0 saturated carbocycles. The predicted molar refractivity (Wildman–Crippen MR) is 212 cm³/mol. The molecule has 1 heterocycles. The molecule has 4 atom stereocenters. The van der Waals surface area contributed by atoms with Crippen LogP contribution in [0.15, 0.2) is 36.4 Å². The zero-order valence-corrected chi connectivity index (χ0v) is 33.3. The number of hydrogen-bond acceptors (Lipinski definition) is 9. The number of Topliss-reactive ketones (excluding diaryl/α,β-unsaturated/α-hetero) is 2. The van der Waals surface area contributed by atoms with Gasteiger partial charge in [-0.3, -0.25) is 28.8 Å². The van der Waals surface area contributed by atoms with Crippen LogP contribution in [0, 0.1) is 19.8 Å². The number of nitrogens with one attached hydrogen (secondary N) is 4. The first-order valence-corrected chi connectivity index (χ1v) is 19.7. The Balaban J connectivity index is 1.59. The average Bonchev–Trinajstić information content (AvgIpc) is 3.13. The van der Waals surface area contributed by atoms with Gasteiger partial charge in [0, 0.05) is 32.5 Å². The summed E-state index contributed by atoms with van der Waals surface area (Å²) in [5, 5.41) is 22.2. The number of nitrogens with zero attached hydrogens (tertiary/aromatic N) is 1. The topological polar surface area (TPSA) is 200 Å². The van der Waals surface area contributed by atoms with Gasteiger partial charge in [-0.05, 0) is 113 Å². The molecule has 0 aromatic heterocycles. The van der Waals surface area contributed by atoms with E-state index in [1.807, 2.05) is 45.0 Å².